The van der Waals surface area contributed by atoms with Crippen LogP contribution in [0.15, 0.2) is 48.8 Å². The van der Waals surface area contributed by atoms with E-state index in [9.17, 15) is 4.79 Å². The minimum absolute atomic E-state index is 0.339. The van der Waals surface area contributed by atoms with Gasteiger partial charge in [0, 0.05) is 37.9 Å². The van der Waals surface area contributed by atoms with E-state index >= 15 is 0 Å². The molecule has 0 atom stereocenters. The molecule has 4 heteroatoms. The van der Waals surface area contributed by atoms with Crippen molar-refractivity contribution in [2.24, 2.45) is 0 Å². The summed E-state index contributed by atoms with van der Waals surface area (Å²) in [6.07, 6.45) is 3.73. The Morgan fingerprint density at radius 1 is 1.25 bits per heavy atom. The van der Waals surface area contributed by atoms with Gasteiger partial charge in [0.05, 0.1) is 5.56 Å². The molecule has 0 unspecified atom stereocenters. The number of aromatic nitrogens is 1. The highest BCUT2D eigenvalue weighted by molar-refractivity contribution is 5.87. The Kier molecular flexibility index (Phi) is 3.48. The summed E-state index contributed by atoms with van der Waals surface area (Å²) in [5, 5.41) is 8.86. The first kappa shape index (κ1) is 12.8. The zero-order valence-electron chi connectivity index (χ0n) is 11.1. The third-order valence-corrected chi connectivity index (χ3v) is 3.72. The summed E-state index contributed by atoms with van der Waals surface area (Å²) in [5.41, 5.74) is 2.79. The van der Waals surface area contributed by atoms with Crippen molar-refractivity contribution in [1.82, 2.24) is 9.88 Å². The lowest BCUT2D eigenvalue weighted by atomic mass is 9.92. The first-order valence-electron chi connectivity index (χ1n) is 6.67. The molecule has 4 nitrogen and oxygen atoms in total. The van der Waals surface area contributed by atoms with Crippen molar-refractivity contribution in [3.8, 4) is 0 Å². The van der Waals surface area contributed by atoms with Crippen molar-refractivity contribution in [3.63, 3.8) is 0 Å². The zero-order valence-corrected chi connectivity index (χ0v) is 11.1. The Labute approximate surface area is 117 Å². The molecule has 1 aromatic heterocycles. The maximum atomic E-state index is 10.8. The number of carbonyl (C=O) groups is 1. The second-order valence-electron chi connectivity index (χ2n) is 5.18. The molecule has 0 saturated carbocycles. The Morgan fingerprint density at radius 3 is 2.60 bits per heavy atom. The summed E-state index contributed by atoms with van der Waals surface area (Å²) in [4.78, 5) is 17.3. The van der Waals surface area contributed by atoms with Gasteiger partial charge in [0.25, 0.3) is 0 Å². The Hall–Kier alpha value is -2.20. The first-order valence-corrected chi connectivity index (χ1v) is 6.67. The van der Waals surface area contributed by atoms with Gasteiger partial charge in [0.2, 0.25) is 0 Å². The summed E-state index contributed by atoms with van der Waals surface area (Å²) in [5.74, 6) is -0.306. The van der Waals surface area contributed by atoms with Crippen LogP contribution in [0.2, 0.25) is 0 Å². The summed E-state index contributed by atoms with van der Waals surface area (Å²) in [6, 6.07) is 11.2. The molecule has 0 aliphatic carbocycles. The number of carboxylic acid groups (broad SMARTS) is 1. The number of likely N-dealkylation sites (tertiary alicyclic amines) is 1. The van der Waals surface area contributed by atoms with E-state index in [0.29, 0.717) is 11.5 Å². The van der Waals surface area contributed by atoms with Gasteiger partial charge in [0.1, 0.15) is 0 Å². The quantitative estimate of drug-likeness (QED) is 0.925. The fourth-order valence-corrected chi connectivity index (χ4v) is 2.54. The highest BCUT2D eigenvalue weighted by atomic mass is 16.4. The number of hydrogen-bond donors (Lipinski definition) is 1. The van der Waals surface area contributed by atoms with Crippen molar-refractivity contribution >= 4 is 5.97 Å². The van der Waals surface area contributed by atoms with Gasteiger partial charge >= 0.3 is 5.97 Å². The summed E-state index contributed by atoms with van der Waals surface area (Å²) in [6.45, 7) is 2.94. The van der Waals surface area contributed by atoms with E-state index in [-0.39, 0.29) is 0 Å². The van der Waals surface area contributed by atoms with Crippen molar-refractivity contribution in [2.75, 3.05) is 13.1 Å². The summed E-state index contributed by atoms with van der Waals surface area (Å²) >= 11 is 0. The molecule has 102 valence electrons. The largest absolute Gasteiger partial charge is 0.478 e. The molecule has 1 aliphatic heterocycles. The number of rotatable bonds is 4. The van der Waals surface area contributed by atoms with Crippen LogP contribution in [-0.4, -0.2) is 34.0 Å². The molecule has 0 bridgehead atoms. The maximum Gasteiger partial charge on any atom is 0.335 e. The van der Waals surface area contributed by atoms with E-state index in [1.54, 1.807) is 18.3 Å². The van der Waals surface area contributed by atoms with Crippen molar-refractivity contribution in [1.29, 1.82) is 0 Å². The van der Waals surface area contributed by atoms with Crippen LogP contribution in [0, 0.1) is 0 Å². The van der Waals surface area contributed by atoms with Crippen LogP contribution in [0.3, 0.4) is 0 Å². The van der Waals surface area contributed by atoms with E-state index in [0.717, 1.165) is 25.2 Å². The van der Waals surface area contributed by atoms with Gasteiger partial charge in [-0.2, -0.15) is 0 Å². The topological polar surface area (TPSA) is 53.4 Å². The van der Waals surface area contributed by atoms with Crippen molar-refractivity contribution in [2.45, 2.75) is 12.5 Å². The van der Waals surface area contributed by atoms with E-state index < -0.39 is 5.97 Å². The molecule has 3 rings (SSSR count). The number of hydrogen-bond acceptors (Lipinski definition) is 3. The van der Waals surface area contributed by atoms with Crippen LogP contribution in [0.1, 0.15) is 27.4 Å². The Bertz CT molecular complexity index is 590. The van der Waals surface area contributed by atoms with Crippen LogP contribution in [-0.2, 0) is 6.54 Å². The van der Waals surface area contributed by atoms with Crippen LogP contribution in [0.4, 0.5) is 0 Å². The normalized spacial score (nSPS) is 15.8. The second-order valence-corrected chi connectivity index (χ2v) is 5.18. The smallest absolute Gasteiger partial charge is 0.335 e. The predicted octanol–water partition coefficient (Wildman–Crippen LogP) is 2.38. The SMILES string of the molecule is O=C(O)c1ccc(CN2CC(c3cccnc3)C2)cc1. The fraction of sp³-hybridized carbons (Fsp3) is 0.250. The van der Waals surface area contributed by atoms with Gasteiger partial charge in [-0.3, -0.25) is 9.88 Å². The van der Waals surface area contributed by atoms with Gasteiger partial charge in [-0.05, 0) is 29.3 Å². The summed E-state index contributed by atoms with van der Waals surface area (Å²) < 4.78 is 0. The molecule has 2 heterocycles. The van der Waals surface area contributed by atoms with Gasteiger partial charge in [-0.25, -0.2) is 4.79 Å². The predicted molar refractivity (Wildman–Crippen MR) is 75.7 cm³/mol. The average Bonchev–Trinajstić information content (AvgIpc) is 2.44. The lowest BCUT2D eigenvalue weighted by Crippen LogP contribution is -2.44. The lowest BCUT2D eigenvalue weighted by Gasteiger charge is -2.39. The average molecular weight is 268 g/mol. The molecule has 0 radical (unpaired) electrons. The molecular weight excluding hydrogens is 252 g/mol. The lowest BCUT2D eigenvalue weighted by molar-refractivity contribution is 0.0697. The molecular formula is C16H16N2O2. The molecule has 1 aliphatic rings. The number of aromatic carboxylic acids is 1. The summed E-state index contributed by atoms with van der Waals surface area (Å²) in [7, 11) is 0. The molecule has 2 aromatic rings. The molecule has 1 saturated heterocycles. The second kappa shape index (κ2) is 5.43. The van der Waals surface area contributed by atoms with E-state index in [1.807, 2.05) is 24.4 Å². The van der Waals surface area contributed by atoms with Crippen molar-refractivity contribution in [3.05, 3.63) is 65.5 Å². The molecule has 0 spiro atoms. The van der Waals surface area contributed by atoms with Crippen LogP contribution < -0.4 is 0 Å². The van der Waals surface area contributed by atoms with E-state index in [4.69, 9.17) is 5.11 Å². The molecule has 1 N–H and O–H groups in total. The number of pyridine rings is 1. The first-order chi connectivity index (χ1) is 9.72. The number of benzene rings is 1. The van der Waals surface area contributed by atoms with E-state index in [1.165, 1.54) is 5.56 Å². The van der Waals surface area contributed by atoms with E-state index in [2.05, 4.69) is 16.0 Å². The van der Waals surface area contributed by atoms with Gasteiger partial charge < -0.3 is 5.11 Å². The van der Waals surface area contributed by atoms with Crippen molar-refractivity contribution < 1.29 is 9.90 Å². The highest BCUT2D eigenvalue weighted by Gasteiger charge is 2.27. The zero-order chi connectivity index (χ0) is 13.9. The van der Waals surface area contributed by atoms with Crippen LogP contribution in [0.5, 0.6) is 0 Å². The minimum atomic E-state index is -0.878. The number of nitrogens with zero attached hydrogens (tertiary/aromatic N) is 2. The highest BCUT2D eigenvalue weighted by Crippen LogP contribution is 2.27. The van der Waals surface area contributed by atoms with Gasteiger partial charge in [-0.1, -0.05) is 18.2 Å². The monoisotopic (exact) mass is 268 g/mol. The molecule has 0 amide bonds. The van der Waals surface area contributed by atoms with Gasteiger partial charge in [-0.15, -0.1) is 0 Å². The number of carboxylic acids is 1. The molecule has 1 fully saturated rings. The van der Waals surface area contributed by atoms with Crippen LogP contribution >= 0.6 is 0 Å². The standard InChI is InChI=1S/C16H16N2O2/c19-16(20)13-5-3-12(4-6-13)9-18-10-15(11-18)14-2-1-7-17-8-14/h1-8,15H,9-11H2,(H,19,20). The Balaban J connectivity index is 1.55. The minimum Gasteiger partial charge on any atom is -0.478 e. The van der Waals surface area contributed by atoms with Crippen LogP contribution in [0.25, 0.3) is 0 Å². The third kappa shape index (κ3) is 2.70. The van der Waals surface area contributed by atoms with Gasteiger partial charge in [0.15, 0.2) is 0 Å². The molecule has 20 heavy (non-hydrogen) atoms. The maximum absolute atomic E-state index is 10.8. The third-order valence-electron chi connectivity index (χ3n) is 3.72. The Morgan fingerprint density at radius 2 is 2.00 bits per heavy atom. The fourth-order valence-electron chi connectivity index (χ4n) is 2.54. The molecule has 1 aromatic carbocycles.